The molecule has 4 aliphatic carbocycles. The highest BCUT2D eigenvalue weighted by atomic mass is 16.3. The Hall–Kier alpha value is -1.42. The maximum absolute atomic E-state index is 10.8. The van der Waals surface area contributed by atoms with Gasteiger partial charge in [0.2, 0.25) is 0 Å². The van der Waals surface area contributed by atoms with Gasteiger partial charge in [0.25, 0.3) is 0 Å². The summed E-state index contributed by atoms with van der Waals surface area (Å²) in [5.74, 6) is 1.68. The van der Waals surface area contributed by atoms with E-state index in [1.165, 1.54) is 31.3 Å². The van der Waals surface area contributed by atoms with Crippen molar-refractivity contribution >= 4 is 0 Å². The van der Waals surface area contributed by atoms with E-state index in [4.69, 9.17) is 0 Å². The molecular formula is C30H44O3. The number of allylic oxidation sites excluding steroid dienone is 5. The Labute approximate surface area is 200 Å². The summed E-state index contributed by atoms with van der Waals surface area (Å²) in [6.07, 6.45) is 20.8. The molecule has 0 aromatic carbocycles. The van der Waals surface area contributed by atoms with Crippen molar-refractivity contribution in [3.05, 3.63) is 59.8 Å². The van der Waals surface area contributed by atoms with Crippen LogP contribution in [0.15, 0.2) is 59.8 Å². The summed E-state index contributed by atoms with van der Waals surface area (Å²) in [5, 5.41) is 31.0. The van der Waals surface area contributed by atoms with Gasteiger partial charge in [0.15, 0.2) is 0 Å². The van der Waals surface area contributed by atoms with E-state index in [1.54, 1.807) is 0 Å². The van der Waals surface area contributed by atoms with Crippen molar-refractivity contribution in [1.29, 1.82) is 0 Å². The number of aliphatic hydroxyl groups is 3. The Morgan fingerprint density at radius 3 is 2.55 bits per heavy atom. The first-order valence-corrected chi connectivity index (χ1v) is 13.2. The second-order valence-corrected chi connectivity index (χ2v) is 11.6. The van der Waals surface area contributed by atoms with Crippen LogP contribution in [-0.4, -0.2) is 33.6 Å². The second-order valence-electron chi connectivity index (χ2n) is 11.6. The van der Waals surface area contributed by atoms with Gasteiger partial charge >= 0.3 is 0 Å². The molecule has 0 bridgehead atoms. The third-order valence-electron chi connectivity index (χ3n) is 9.45. The number of hydrogen-bond donors (Lipinski definition) is 3. The van der Waals surface area contributed by atoms with Gasteiger partial charge in [-0.3, -0.25) is 0 Å². The summed E-state index contributed by atoms with van der Waals surface area (Å²) in [4.78, 5) is 0. The summed E-state index contributed by atoms with van der Waals surface area (Å²) in [6, 6.07) is 0. The third kappa shape index (κ3) is 4.88. The maximum atomic E-state index is 10.8. The maximum Gasteiger partial charge on any atom is 0.0811 e. The van der Waals surface area contributed by atoms with E-state index >= 15 is 0 Å². The van der Waals surface area contributed by atoms with Crippen LogP contribution in [0.3, 0.4) is 0 Å². The zero-order valence-corrected chi connectivity index (χ0v) is 20.8. The van der Waals surface area contributed by atoms with Crippen LogP contribution in [0.1, 0.15) is 78.6 Å². The fourth-order valence-electron chi connectivity index (χ4n) is 7.25. The Bertz CT molecular complexity index is 858. The molecule has 4 aliphatic rings. The second kappa shape index (κ2) is 9.68. The van der Waals surface area contributed by atoms with Crippen molar-refractivity contribution in [2.45, 2.75) is 96.9 Å². The molecule has 0 aromatic rings. The molecule has 0 radical (unpaired) electrons. The standard InChI is InChI=1S/C30H44O3/c1-5-14-30(16-17-30)28(33)13-8-20(2)25-11-12-26-22(7-6-15-29(25,26)4)9-10-23-18-24(31)19-27(32)21(23)3/h5,8-10,13-14,20,24-28,31-33H,3,6-7,11-12,15-19H2,1-2,4H3/b13-8+,14-5+,22-9+,23-10-/t20-,24-,25-,26+,27+,28-,29-/m1/s1. The van der Waals surface area contributed by atoms with Gasteiger partial charge in [-0.15, -0.1) is 0 Å². The van der Waals surface area contributed by atoms with Crippen molar-refractivity contribution < 1.29 is 15.3 Å². The van der Waals surface area contributed by atoms with Gasteiger partial charge in [-0.05, 0) is 92.6 Å². The van der Waals surface area contributed by atoms with Crippen LogP contribution in [-0.2, 0) is 0 Å². The van der Waals surface area contributed by atoms with Gasteiger partial charge in [0.1, 0.15) is 0 Å². The molecule has 3 heteroatoms. The van der Waals surface area contributed by atoms with E-state index in [0.717, 1.165) is 30.4 Å². The molecule has 0 amide bonds. The molecule has 7 atom stereocenters. The van der Waals surface area contributed by atoms with Crippen molar-refractivity contribution in [2.75, 3.05) is 0 Å². The first-order chi connectivity index (χ1) is 15.7. The fourth-order valence-corrected chi connectivity index (χ4v) is 7.25. The molecule has 3 N–H and O–H groups in total. The topological polar surface area (TPSA) is 60.7 Å². The predicted molar refractivity (Wildman–Crippen MR) is 136 cm³/mol. The lowest BCUT2D eigenvalue weighted by molar-refractivity contribution is 0.0862. The van der Waals surface area contributed by atoms with E-state index in [0.29, 0.717) is 36.0 Å². The number of aliphatic hydroxyl groups excluding tert-OH is 3. The summed E-state index contributed by atoms with van der Waals surface area (Å²) in [7, 11) is 0. The number of rotatable bonds is 6. The predicted octanol–water partition coefficient (Wildman–Crippen LogP) is 6.04. The molecule has 0 aliphatic heterocycles. The van der Waals surface area contributed by atoms with Gasteiger partial charge in [0.05, 0.1) is 18.3 Å². The van der Waals surface area contributed by atoms with Crippen molar-refractivity contribution in [3.63, 3.8) is 0 Å². The summed E-state index contributed by atoms with van der Waals surface area (Å²) in [6.45, 7) is 10.9. The highest BCUT2D eigenvalue weighted by Crippen LogP contribution is 2.59. The summed E-state index contributed by atoms with van der Waals surface area (Å²) in [5.41, 5.74) is 3.58. The van der Waals surface area contributed by atoms with E-state index < -0.39 is 12.2 Å². The van der Waals surface area contributed by atoms with E-state index in [-0.39, 0.29) is 11.5 Å². The molecule has 4 saturated carbocycles. The Morgan fingerprint density at radius 1 is 1.09 bits per heavy atom. The van der Waals surface area contributed by atoms with Crippen molar-refractivity contribution in [1.82, 2.24) is 0 Å². The molecule has 33 heavy (non-hydrogen) atoms. The first kappa shape index (κ1) is 24.7. The number of fused-ring (bicyclic) bond motifs is 1. The van der Waals surface area contributed by atoms with Crippen molar-refractivity contribution in [2.24, 2.45) is 28.6 Å². The molecule has 4 fully saturated rings. The smallest absolute Gasteiger partial charge is 0.0811 e. The lowest BCUT2D eigenvalue weighted by Crippen LogP contribution is -2.35. The fraction of sp³-hybridized carbons (Fsp3) is 0.667. The van der Waals surface area contributed by atoms with Gasteiger partial charge in [-0.1, -0.05) is 62.5 Å². The summed E-state index contributed by atoms with van der Waals surface area (Å²) >= 11 is 0. The minimum atomic E-state index is -0.628. The van der Waals surface area contributed by atoms with Crippen LogP contribution in [0.2, 0.25) is 0 Å². The highest BCUT2D eigenvalue weighted by molar-refractivity contribution is 5.38. The minimum absolute atomic E-state index is 0.00832. The normalized spacial score (nSPS) is 40.6. The Balaban J connectivity index is 1.47. The van der Waals surface area contributed by atoms with Crippen molar-refractivity contribution in [3.8, 4) is 0 Å². The highest BCUT2D eigenvalue weighted by Gasteiger charge is 2.50. The quantitative estimate of drug-likeness (QED) is 0.431. The van der Waals surface area contributed by atoms with Crippen LogP contribution in [0, 0.1) is 28.6 Å². The molecule has 182 valence electrons. The van der Waals surface area contributed by atoms with Gasteiger partial charge < -0.3 is 15.3 Å². The van der Waals surface area contributed by atoms with Gasteiger partial charge in [-0.2, -0.15) is 0 Å². The number of hydrogen-bond acceptors (Lipinski definition) is 3. The molecule has 4 rings (SSSR count). The lowest BCUT2D eigenvalue weighted by atomic mass is 9.61. The molecule has 3 nitrogen and oxygen atoms in total. The molecule has 0 heterocycles. The molecule has 0 saturated heterocycles. The molecule has 0 unspecified atom stereocenters. The van der Waals surface area contributed by atoms with Crippen LogP contribution in [0.25, 0.3) is 0 Å². The van der Waals surface area contributed by atoms with Crippen LogP contribution < -0.4 is 0 Å². The largest absolute Gasteiger partial charge is 0.393 e. The van der Waals surface area contributed by atoms with E-state index in [9.17, 15) is 15.3 Å². The minimum Gasteiger partial charge on any atom is -0.393 e. The van der Waals surface area contributed by atoms with Gasteiger partial charge in [0, 0.05) is 11.8 Å². The SMILES string of the molecule is C=C1/C(=C\C=C2/CCC[C@]3(C)[C@@H]([C@H](C)/C=C/[C@@H](O)C4(/C=C/C)CC4)CC[C@@H]23)C[C@@H](O)C[C@@H]1O. The monoisotopic (exact) mass is 452 g/mol. The van der Waals surface area contributed by atoms with E-state index in [2.05, 4.69) is 56.9 Å². The van der Waals surface area contributed by atoms with Gasteiger partial charge in [-0.25, -0.2) is 0 Å². The third-order valence-corrected chi connectivity index (χ3v) is 9.45. The van der Waals surface area contributed by atoms with E-state index in [1.807, 2.05) is 6.92 Å². The lowest BCUT2D eigenvalue weighted by Gasteiger charge is -2.44. The molecule has 0 spiro atoms. The zero-order valence-electron chi connectivity index (χ0n) is 20.8. The average Bonchev–Trinajstić information content (AvgIpc) is 3.47. The zero-order chi connectivity index (χ0) is 23.8. The summed E-state index contributed by atoms with van der Waals surface area (Å²) < 4.78 is 0. The average molecular weight is 453 g/mol. The van der Waals surface area contributed by atoms with Crippen LogP contribution in [0.5, 0.6) is 0 Å². The van der Waals surface area contributed by atoms with Crippen LogP contribution in [0.4, 0.5) is 0 Å². The van der Waals surface area contributed by atoms with Crippen LogP contribution >= 0.6 is 0 Å². The molecular weight excluding hydrogens is 408 g/mol. The Morgan fingerprint density at radius 2 is 1.85 bits per heavy atom. The molecule has 0 aromatic heterocycles. The first-order valence-electron chi connectivity index (χ1n) is 13.2. The Kier molecular flexibility index (Phi) is 7.24.